The third-order valence-corrected chi connectivity index (χ3v) is 2.75. The van der Waals surface area contributed by atoms with Crippen LogP contribution in [0.1, 0.15) is 30.1 Å². The Kier molecular flexibility index (Phi) is 3.02. The molecule has 0 spiro atoms. The van der Waals surface area contributed by atoms with E-state index in [9.17, 15) is 0 Å². The van der Waals surface area contributed by atoms with Crippen molar-refractivity contribution in [1.82, 2.24) is 0 Å². The molecule has 3 heteroatoms. The largest absolute Gasteiger partial charge is 0.386 e. The third-order valence-electron chi connectivity index (χ3n) is 2.75. The lowest BCUT2D eigenvalue weighted by Gasteiger charge is -2.25. The smallest absolute Gasteiger partial charge is 0.117 e. The van der Waals surface area contributed by atoms with E-state index >= 15 is 0 Å². The molecule has 1 aromatic rings. The van der Waals surface area contributed by atoms with Crippen molar-refractivity contribution in [2.45, 2.75) is 25.4 Å². The van der Waals surface area contributed by atoms with E-state index in [1.165, 1.54) is 11.1 Å². The third kappa shape index (κ3) is 2.36. The number of nitrogens with two attached hydrogens (primary N) is 1. The minimum absolute atomic E-state index is 0.0954. The van der Waals surface area contributed by atoms with Gasteiger partial charge >= 0.3 is 0 Å². The Hall–Kier alpha value is -1.35. The van der Waals surface area contributed by atoms with Gasteiger partial charge < -0.3 is 10.5 Å². The number of benzene rings is 1. The first-order chi connectivity index (χ1) is 7.27. The molecule has 0 heterocycles. The lowest BCUT2D eigenvalue weighted by atomic mass is 9.89. The van der Waals surface area contributed by atoms with Crippen molar-refractivity contribution in [3.63, 3.8) is 0 Å². The second kappa shape index (κ2) is 4.45. The van der Waals surface area contributed by atoms with Gasteiger partial charge in [-0.3, -0.25) is 5.41 Å². The van der Waals surface area contributed by atoms with Crippen LogP contribution in [-0.4, -0.2) is 12.4 Å². The van der Waals surface area contributed by atoms with E-state index in [2.05, 4.69) is 18.2 Å². The first-order valence-corrected chi connectivity index (χ1v) is 5.29. The number of amidine groups is 1. The zero-order valence-corrected chi connectivity index (χ0v) is 8.70. The SMILES string of the molecule is N=C(N)COC1CCCc2ccccc21. The number of rotatable bonds is 3. The number of ether oxygens (including phenoxy) is 1. The normalized spacial score (nSPS) is 19.6. The van der Waals surface area contributed by atoms with Crippen LogP contribution in [0.15, 0.2) is 24.3 Å². The van der Waals surface area contributed by atoms with Crippen LogP contribution in [0.2, 0.25) is 0 Å². The maximum Gasteiger partial charge on any atom is 0.117 e. The molecule has 1 atom stereocenters. The van der Waals surface area contributed by atoms with Gasteiger partial charge in [0.05, 0.1) is 6.10 Å². The highest BCUT2D eigenvalue weighted by atomic mass is 16.5. The van der Waals surface area contributed by atoms with Crippen LogP contribution >= 0.6 is 0 Å². The molecular formula is C12H16N2O. The molecule has 1 aliphatic carbocycles. The average Bonchev–Trinajstić information content (AvgIpc) is 2.26. The molecule has 0 saturated heterocycles. The van der Waals surface area contributed by atoms with Gasteiger partial charge in [0.15, 0.2) is 0 Å². The van der Waals surface area contributed by atoms with Gasteiger partial charge in [-0.25, -0.2) is 0 Å². The zero-order chi connectivity index (χ0) is 10.7. The van der Waals surface area contributed by atoms with Crippen LogP contribution < -0.4 is 5.73 Å². The Balaban J connectivity index is 2.11. The maximum absolute atomic E-state index is 7.15. The van der Waals surface area contributed by atoms with Gasteiger partial charge in [-0.05, 0) is 30.4 Å². The minimum Gasteiger partial charge on any atom is -0.386 e. The predicted molar refractivity (Wildman–Crippen MR) is 60.0 cm³/mol. The molecule has 15 heavy (non-hydrogen) atoms. The molecule has 0 aromatic heterocycles. The second-order valence-corrected chi connectivity index (χ2v) is 3.92. The highest BCUT2D eigenvalue weighted by Gasteiger charge is 2.19. The van der Waals surface area contributed by atoms with E-state index in [1.807, 2.05) is 6.07 Å². The van der Waals surface area contributed by atoms with Crippen LogP contribution in [0.5, 0.6) is 0 Å². The van der Waals surface area contributed by atoms with Crippen molar-refractivity contribution in [2.24, 2.45) is 5.73 Å². The van der Waals surface area contributed by atoms with Gasteiger partial charge in [0.2, 0.25) is 0 Å². The molecule has 0 radical (unpaired) electrons. The lowest BCUT2D eigenvalue weighted by Crippen LogP contribution is -2.21. The summed E-state index contributed by atoms with van der Waals surface area (Å²) in [5, 5.41) is 7.15. The zero-order valence-electron chi connectivity index (χ0n) is 8.70. The highest BCUT2D eigenvalue weighted by Crippen LogP contribution is 2.31. The number of aryl methyl sites for hydroxylation is 1. The molecular weight excluding hydrogens is 188 g/mol. The van der Waals surface area contributed by atoms with E-state index in [1.54, 1.807) is 0 Å². The van der Waals surface area contributed by atoms with E-state index in [0.717, 1.165) is 19.3 Å². The molecule has 0 fully saturated rings. The first-order valence-electron chi connectivity index (χ1n) is 5.29. The molecule has 0 amide bonds. The van der Waals surface area contributed by atoms with Crippen molar-refractivity contribution in [2.75, 3.05) is 6.61 Å². The van der Waals surface area contributed by atoms with Crippen molar-refractivity contribution in [1.29, 1.82) is 5.41 Å². The van der Waals surface area contributed by atoms with Crippen molar-refractivity contribution in [3.05, 3.63) is 35.4 Å². The summed E-state index contributed by atoms with van der Waals surface area (Å²) in [4.78, 5) is 0. The summed E-state index contributed by atoms with van der Waals surface area (Å²) in [6, 6.07) is 8.36. The van der Waals surface area contributed by atoms with E-state index in [-0.39, 0.29) is 18.5 Å². The van der Waals surface area contributed by atoms with Crippen LogP contribution in [0.3, 0.4) is 0 Å². The van der Waals surface area contributed by atoms with E-state index in [0.29, 0.717) is 0 Å². The molecule has 1 aliphatic rings. The fourth-order valence-electron chi connectivity index (χ4n) is 2.07. The van der Waals surface area contributed by atoms with Crippen molar-refractivity contribution in [3.8, 4) is 0 Å². The summed E-state index contributed by atoms with van der Waals surface area (Å²) in [7, 11) is 0. The molecule has 3 N–H and O–H groups in total. The van der Waals surface area contributed by atoms with Gasteiger partial charge in [0, 0.05) is 0 Å². The topological polar surface area (TPSA) is 59.1 Å². The molecule has 0 bridgehead atoms. The summed E-state index contributed by atoms with van der Waals surface area (Å²) >= 11 is 0. The van der Waals surface area contributed by atoms with Crippen molar-refractivity contribution >= 4 is 5.84 Å². The number of fused-ring (bicyclic) bond motifs is 1. The lowest BCUT2D eigenvalue weighted by molar-refractivity contribution is 0.0672. The van der Waals surface area contributed by atoms with Crippen LogP contribution in [0, 0.1) is 5.41 Å². The quantitative estimate of drug-likeness (QED) is 0.584. The molecule has 1 aromatic carbocycles. The molecule has 3 nitrogen and oxygen atoms in total. The molecule has 0 saturated carbocycles. The molecule has 0 aliphatic heterocycles. The second-order valence-electron chi connectivity index (χ2n) is 3.92. The Morgan fingerprint density at radius 3 is 3.07 bits per heavy atom. The maximum atomic E-state index is 7.15. The fraction of sp³-hybridized carbons (Fsp3) is 0.417. The predicted octanol–water partition coefficient (Wildman–Crippen LogP) is 2.02. The van der Waals surface area contributed by atoms with E-state index < -0.39 is 0 Å². The summed E-state index contributed by atoms with van der Waals surface area (Å²) in [6.07, 6.45) is 3.44. The monoisotopic (exact) mass is 204 g/mol. The number of hydrogen-bond donors (Lipinski definition) is 2. The van der Waals surface area contributed by atoms with E-state index in [4.69, 9.17) is 15.9 Å². The van der Waals surface area contributed by atoms with Crippen LogP contribution in [0.25, 0.3) is 0 Å². The van der Waals surface area contributed by atoms with Gasteiger partial charge in [-0.2, -0.15) is 0 Å². The van der Waals surface area contributed by atoms with Gasteiger partial charge in [0.1, 0.15) is 12.4 Å². The Bertz CT molecular complexity index is 362. The Labute approximate surface area is 89.8 Å². The summed E-state index contributed by atoms with van der Waals surface area (Å²) < 4.78 is 5.62. The number of nitrogens with one attached hydrogen (secondary N) is 1. The fourth-order valence-corrected chi connectivity index (χ4v) is 2.07. The Morgan fingerprint density at radius 1 is 1.47 bits per heavy atom. The van der Waals surface area contributed by atoms with Crippen LogP contribution in [-0.2, 0) is 11.2 Å². The first kappa shape index (κ1) is 10.2. The summed E-state index contributed by atoms with van der Waals surface area (Å²) in [5.74, 6) is 0.0954. The van der Waals surface area contributed by atoms with Crippen molar-refractivity contribution < 1.29 is 4.74 Å². The average molecular weight is 204 g/mol. The van der Waals surface area contributed by atoms with Gasteiger partial charge in [-0.15, -0.1) is 0 Å². The molecule has 2 rings (SSSR count). The standard InChI is InChI=1S/C12H16N2O/c13-12(14)8-15-11-7-3-5-9-4-1-2-6-10(9)11/h1-2,4,6,11H,3,5,7-8H2,(H3,13,14). The number of hydrogen-bond acceptors (Lipinski definition) is 2. The minimum atomic E-state index is 0.0954. The molecule has 1 unspecified atom stereocenters. The summed E-state index contributed by atoms with van der Waals surface area (Å²) in [6.45, 7) is 0.235. The van der Waals surface area contributed by atoms with Crippen LogP contribution in [0.4, 0.5) is 0 Å². The van der Waals surface area contributed by atoms with Gasteiger partial charge in [-0.1, -0.05) is 24.3 Å². The highest BCUT2D eigenvalue weighted by molar-refractivity contribution is 5.78. The Morgan fingerprint density at radius 2 is 2.27 bits per heavy atom. The summed E-state index contributed by atoms with van der Waals surface area (Å²) in [5.41, 5.74) is 7.93. The molecule has 80 valence electrons. The van der Waals surface area contributed by atoms with Gasteiger partial charge in [0.25, 0.3) is 0 Å².